The standard InChI is InChI=1S/C15H27NO5/c1-13(2,3)21-12(18)16-9-7-8-15(10-16,11(17)20-6)14(4,5)19/h19H,7-10H2,1-6H3. The van der Waals surface area contributed by atoms with Gasteiger partial charge in [-0.3, -0.25) is 4.79 Å². The first-order chi connectivity index (χ1) is 9.43. The lowest BCUT2D eigenvalue weighted by Gasteiger charge is -2.47. The van der Waals surface area contributed by atoms with Gasteiger partial charge >= 0.3 is 12.1 Å². The maximum absolute atomic E-state index is 12.2. The molecule has 1 amide bonds. The molecular weight excluding hydrogens is 274 g/mol. The summed E-state index contributed by atoms with van der Waals surface area (Å²) in [5, 5.41) is 10.4. The van der Waals surface area contributed by atoms with Crippen molar-refractivity contribution in [1.82, 2.24) is 4.90 Å². The minimum atomic E-state index is -1.29. The van der Waals surface area contributed by atoms with Crippen molar-refractivity contribution in [3.05, 3.63) is 0 Å². The van der Waals surface area contributed by atoms with Crippen LogP contribution in [0.15, 0.2) is 0 Å². The van der Waals surface area contributed by atoms with Crippen LogP contribution in [0, 0.1) is 5.41 Å². The number of carbonyl (C=O) groups is 2. The number of amides is 1. The fraction of sp³-hybridized carbons (Fsp3) is 0.867. The topological polar surface area (TPSA) is 76.1 Å². The zero-order valence-corrected chi connectivity index (χ0v) is 13.9. The first-order valence-corrected chi connectivity index (χ1v) is 7.22. The van der Waals surface area contributed by atoms with Gasteiger partial charge in [-0.15, -0.1) is 0 Å². The molecule has 1 heterocycles. The average molecular weight is 301 g/mol. The highest BCUT2D eigenvalue weighted by molar-refractivity contribution is 5.80. The molecule has 0 spiro atoms. The summed E-state index contributed by atoms with van der Waals surface area (Å²) in [6, 6.07) is 0. The second-order valence-electron chi connectivity index (χ2n) is 7.14. The van der Waals surface area contributed by atoms with Crippen LogP contribution in [-0.2, 0) is 14.3 Å². The van der Waals surface area contributed by atoms with Crippen molar-refractivity contribution in [1.29, 1.82) is 0 Å². The van der Waals surface area contributed by atoms with Crippen molar-refractivity contribution in [2.75, 3.05) is 20.2 Å². The molecule has 1 unspecified atom stereocenters. The Hall–Kier alpha value is -1.30. The first kappa shape index (κ1) is 17.8. The summed E-state index contributed by atoms with van der Waals surface area (Å²) in [7, 11) is 1.29. The molecule has 1 aliphatic heterocycles. The molecule has 0 aliphatic carbocycles. The third-order valence-corrected chi connectivity index (χ3v) is 3.89. The van der Waals surface area contributed by atoms with Crippen molar-refractivity contribution in [3.8, 4) is 0 Å². The number of carbonyl (C=O) groups excluding carboxylic acids is 2. The molecule has 21 heavy (non-hydrogen) atoms. The first-order valence-electron chi connectivity index (χ1n) is 7.22. The molecule has 0 aromatic heterocycles. The van der Waals surface area contributed by atoms with E-state index in [-0.39, 0.29) is 6.54 Å². The Morgan fingerprint density at radius 1 is 1.19 bits per heavy atom. The number of hydrogen-bond donors (Lipinski definition) is 1. The Morgan fingerprint density at radius 3 is 2.19 bits per heavy atom. The van der Waals surface area contributed by atoms with Gasteiger partial charge < -0.3 is 19.5 Å². The van der Waals surface area contributed by atoms with Crippen LogP contribution in [0.4, 0.5) is 4.79 Å². The molecule has 1 fully saturated rings. The van der Waals surface area contributed by atoms with Crippen LogP contribution < -0.4 is 0 Å². The van der Waals surface area contributed by atoms with Crippen molar-refractivity contribution < 1.29 is 24.2 Å². The van der Waals surface area contributed by atoms with Gasteiger partial charge in [0.1, 0.15) is 11.0 Å². The van der Waals surface area contributed by atoms with E-state index in [1.54, 1.807) is 34.6 Å². The molecule has 1 rings (SSSR count). The van der Waals surface area contributed by atoms with Crippen LogP contribution in [0.2, 0.25) is 0 Å². The van der Waals surface area contributed by atoms with E-state index < -0.39 is 28.7 Å². The number of ether oxygens (including phenoxy) is 2. The van der Waals surface area contributed by atoms with Crippen molar-refractivity contribution in [3.63, 3.8) is 0 Å². The number of esters is 1. The lowest BCUT2D eigenvalue weighted by atomic mass is 9.68. The fourth-order valence-electron chi connectivity index (χ4n) is 2.65. The van der Waals surface area contributed by atoms with Gasteiger partial charge in [0.05, 0.1) is 12.7 Å². The number of aliphatic hydroxyl groups is 1. The molecule has 122 valence electrons. The van der Waals surface area contributed by atoms with Crippen LogP contribution in [-0.4, -0.2) is 53.5 Å². The molecule has 6 heteroatoms. The van der Waals surface area contributed by atoms with Gasteiger partial charge in [0.25, 0.3) is 0 Å². The summed E-state index contributed by atoms with van der Waals surface area (Å²) in [6.07, 6.45) is 0.612. The highest BCUT2D eigenvalue weighted by Gasteiger charge is 2.54. The molecule has 1 saturated heterocycles. The van der Waals surface area contributed by atoms with E-state index in [0.29, 0.717) is 19.4 Å². The minimum absolute atomic E-state index is 0.0953. The Balaban J connectivity index is 3.00. The summed E-state index contributed by atoms with van der Waals surface area (Å²) >= 11 is 0. The summed E-state index contributed by atoms with van der Waals surface area (Å²) in [5.41, 5.74) is -3.02. The third-order valence-electron chi connectivity index (χ3n) is 3.89. The van der Waals surface area contributed by atoms with Crippen LogP contribution in [0.5, 0.6) is 0 Å². The molecule has 1 atom stereocenters. The lowest BCUT2D eigenvalue weighted by molar-refractivity contribution is -0.176. The van der Waals surface area contributed by atoms with Crippen molar-refractivity contribution in [2.24, 2.45) is 5.41 Å². The van der Waals surface area contributed by atoms with E-state index in [9.17, 15) is 14.7 Å². The minimum Gasteiger partial charge on any atom is -0.468 e. The predicted molar refractivity (Wildman–Crippen MR) is 77.8 cm³/mol. The zero-order chi connectivity index (χ0) is 16.5. The van der Waals surface area contributed by atoms with Gasteiger partial charge in [-0.2, -0.15) is 0 Å². The van der Waals surface area contributed by atoms with E-state index in [4.69, 9.17) is 9.47 Å². The van der Waals surface area contributed by atoms with Gasteiger partial charge in [0, 0.05) is 13.1 Å². The molecular formula is C15H27NO5. The third kappa shape index (κ3) is 3.87. The maximum Gasteiger partial charge on any atom is 0.410 e. The number of methoxy groups -OCH3 is 1. The van der Waals surface area contributed by atoms with E-state index >= 15 is 0 Å². The van der Waals surface area contributed by atoms with E-state index in [0.717, 1.165) is 0 Å². The molecule has 1 N–H and O–H groups in total. The van der Waals surface area contributed by atoms with Crippen molar-refractivity contribution in [2.45, 2.75) is 58.7 Å². The van der Waals surface area contributed by atoms with Gasteiger partial charge in [0.2, 0.25) is 0 Å². The van der Waals surface area contributed by atoms with Crippen LogP contribution in [0.25, 0.3) is 0 Å². The van der Waals surface area contributed by atoms with Gasteiger partial charge in [0.15, 0.2) is 0 Å². The smallest absolute Gasteiger partial charge is 0.410 e. The van der Waals surface area contributed by atoms with Crippen LogP contribution in [0.3, 0.4) is 0 Å². The summed E-state index contributed by atoms with van der Waals surface area (Å²) in [4.78, 5) is 25.9. The fourth-order valence-corrected chi connectivity index (χ4v) is 2.65. The summed E-state index contributed by atoms with van der Waals surface area (Å²) in [6.45, 7) is 9.11. The molecule has 0 aromatic carbocycles. The Kier molecular flexibility index (Phi) is 4.93. The van der Waals surface area contributed by atoms with Gasteiger partial charge in [-0.05, 0) is 47.5 Å². The van der Waals surface area contributed by atoms with E-state index in [1.807, 2.05) is 0 Å². The van der Waals surface area contributed by atoms with Crippen LogP contribution >= 0.6 is 0 Å². The molecule has 6 nitrogen and oxygen atoms in total. The molecule has 1 aliphatic rings. The predicted octanol–water partition coefficient (Wildman–Crippen LogP) is 1.95. The zero-order valence-electron chi connectivity index (χ0n) is 13.9. The number of hydrogen-bond acceptors (Lipinski definition) is 5. The van der Waals surface area contributed by atoms with E-state index in [1.165, 1.54) is 12.0 Å². The summed E-state index contributed by atoms with van der Waals surface area (Å²) in [5.74, 6) is -0.497. The highest BCUT2D eigenvalue weighted by atomic mass is 16.6. The largest absolute Gasteiger partial charge is 0.468 e. The molecule has 0 bridgehead atoms. The Labute approximate surface area is 126 Å². The van der Waals surface area contributed by atoms with Crippen LogP contribution in [0.1, 0.15) is 47.5 Å². The second kappa shape index (κ2) is 5.83. The second-order valence-corrected chi connectivity index (χ2v) is 7.14. The monoisotopic (exact) mass is 301 g/mol. The molecule has 0 aromatic rings. The van der Waals surface area contributed by atoms with E-state index in [2.05, 4.69) is 0 Å². The quantitative estimate of drug-likeness (QED) is 0.789. The number of piperidine rings is 1. The normalized spacial score (nSPS) is 23.7. The van der Waals surface area contributed by atoms with Crippen molar-refractivity contribution >= 4 is 12.1 Å². The molecule has 0 saturated carbocycles. The molecule has 0 radical (unpaired) electrons. The Morgan fingerprint density at radius 2 is 1.76 bits per heavy atom. The average Bonchev–Trinajstić information content (AvgIpc) is 2.34. The number of likely N-dealkylation sites (tertiary alicyclic amines) is 1. The maximum atomic E-state index is 12.2. The number of rotatable bonds is 2. The number of nitrogens with zero attached hydrogens (tertiary/aromatic N) is 1. The Bertz CT molecular complexity index is 407. The van der Waals surface area contributed by atoms with Gasteiger partial charge in [-0.25, -0.2) is 4.79 Å². The summed E-state index contributed by atoms with van der Waals surface area (Å²) < 4.78 is 10.2. The highest BCUT2D eigenvalue weighted by Crippen LogP contribution is 2.41. The van der Waals surface area contributed by atoms with Gasteiger partial charge in [-0.1, -0.05) is 0 Å². The SMILES string of the molecule is COC(=O)C1(C(C)(C)O)CCCN(C(=O)OC(C)(C)C)C1. The lowest BCUT2D eigenvalue weighted by Crippen LogP contribution is -2.60.